The van der Waals surface area contributed by atoms with Gasteiger partial charge in [0.1, 0.15) is 11.5 Å². The Morgan fingerprint density at radius 1 is 1.12 bits per heavy atom. The molecule has 0 aromatic heterocycles. The molecule has 0 atom stereocenters. The lowest BCUT2D eigenvalue weighted by atomic mass is 10.1. The van der Waals surface area contributed by atoms with E-state index in [4.69, 9.17) is 25.8 Å². The average molecular weight is 344 g/mol. The molecule has 6 heteroatoms. The van der Waals surface area contributed by atoms with E-state index in [0.717, 1.165) is 0 Å². The SMILES string of the molecule is COc1ccc(OC)c(C=C2N=C(c3ccccc3Cl)OC2=O)c1. The molecule has 0 bridgehead atoms. The zero-order valence-electron chi connectivity index (χ0n) is 13.1. The summed E-state index contributed by atoms with van der Waals surface area (Å²) >= 11 is 6.12. The highest BCUT2D eigenvalue weighted by atomic mass is 35.5. The number of ether oxygens (including phenoxy) is 3. The first-order chi connectivity index (χ1) is 11.6. The zero-order chi connectivity index (χ0) is 17.1. The van der Waals surface area contributed by atoms with Gasteiger partial charge in [0.25, 0.3) is 0 Å². The fraction of sp³-hybridized carbons (Fsp3) is 0.111. The van der Waals surface area contributed by atoms with Crippen molar-refractivity contribution >= 4 is 29.5 Å². The lowest BCUT2D eigenvalue weighted by Gasteiger charge is -2.07. The molecule has 0 radical (unpaired) electrons. The Balaban J connectivity index is 2.02. The quantitative estimate of drug-likeness (QED) is 0.627. The molecule has 0 saturated heterocycles. The number of cyclic esters (lactones) is 1. The van der Waals surface area contributed by atoms with E-state index in [9.17, 15) is 4.79 Å². The number of carbonyl (C=O) groups excluding carboxylic acids is 1. The molecule has 0 aliphatic carbocycles. The first-order valence-corrected chi connectivity index (χ1v) is 7.49. The Bertz CT molecular complexity index is 858. The summed E-state index contributed by atoms with van der Waals surface area (Å²) in [5.74, 6) is 0.871. The van der Waals surface area contributed by atoms with Gasteiger partial charge in [0.15, 0.2) is 5.70 Å². The average Bonchev–Trinajstić information content (AvgIpc) is 2.95. The highest BCUT2D eigenvalue weighted by molar-refractivity contribution is 6.34. The molecular formula is C18H14ClNO4. The molecule has 2 aromatic rings. The molecule has 122 valence electrons. The third-order valence-electron chi connectivity index (χ3n) is 3.45. The van der Waals surface area contributed by atoms with Crippen LogP contribution in [0.25, 0.3) is 6.08 Å². The minimum atomic E-state index is -0.546. The van der Waals surface area contributed by atoms with Crippen molar-refractivity contribution in [3.8, 4) is 11.5 Å². The Morgan fingerprint density at radius 2 is 1.92 bits per heavy atom. The molecule has 1 aliphatic rings. The van der Waals surface area contributed by atoms with Gasteiger partial charge in [-0.25, -0.2) is 9.79 Å². The monoisotopic (exact) mass is 343 g/mol. The lowest BCUT2D eigenvalue weighted by Crippen LogP contribution is -2.05. The van der Waals surface area contributed by atoms with Crippen molar-refractivity contribution in [3.05, 3.63) is 64.3 Å². The number of esters is 1. The van der Waals surface area contributed by atoms with Crippen molar-refractivity contribution in [3.63, 3.8) is 0 Å². The number of hydrogen-bond acceptors (Lipinski definition) is 5. The minimum Gasteiger partial charge on any atom is -0.497 e. The van der Waals surface area contributed by atoms with Crippen molar-refractivity contribution in [1.82, 2.24) is 0 Å². The van der Waals surface area contributed by atoms with Gasteiger partial charge in [-0.05, 0) is 36.4 Å². The second kappa shape index (κ2) is 6.76. The summed E-state index contributed by atoms with van der Waals surface area (Å²) in [6.45, 7) is 0. The highest BCUT2D eigenvalue weighted by Crippen LogP contribution is 2.29. The second-order valence-electron chi connectivity index (χ2n) is 4.92. The molecular weight excluding hydrogens is 330 g/mol. The van der Waals surface area contributed by atoms with Crippen LogP contribution in [-0.2, 0) is 9.53 Å². The third kappa shape index (κ3) is 3.12. The van der Waals surface area contributed by atoms with Crippen LogP contribution in [0.2, 0.25) is 5.02 Å². The largest absolute Gasteiger partial charge is 0.497 e. The number of halogens is 1. The molecule has 0 saturated carbocycles. The topological polar surface area (TPSA) is 57.1 Å². The van der Waals surface area contributed by atoms with Crippen molar-refractivity contribution in [2.24, 2.45) is 4.99 Å². The summed E-state index contributed by atoms with van der Waals surface area (Å²) in [4.78, 5) is 16.4. The number of methoxy groups -OCH3 is 2. The second-order valence-corrected chi connectivity index (χ2v) is 5.33. The molecule has 0 fully saturated rings. The van der Waals surface area contributed by atoms with Gasteiger partial charge in [0.05, 0.1) is 24.8 Å². The molecule has 24 heavy (non-hydrogen) atoms. The Morgan fingerprint density at radius 3 is 2.62 bits per heavy atom. The Kier molecular flexibility index (Phi) is 4.53. The molecule has 0 N–H and O–H groups in total. The zero-order valence-corrected chi connectivity index (χ0v) is 13.8. The van der Waals surface area contributed by atoms with Crippen LogP contribution in [0.4, 0.5) is 0 Å². The Labute approximate surface area is 144 Å². The van der Waals surface area contributed by atoms with E-state index in [1.165, 1.54) is 0 Å². The Hall–Kier alpha value is -2.79. The molecule has 0 unspecified atom stereocenters. The first kappa shape index (κ1) is 16.1. The van der Waals surface area contributed by atoms with Crippen molar-refractivity contribution in [2.75, 3.05) is 14.2 Å². The van der Waals surface area contributed by atoms with Gasteiger partial charge >= 0.3 is 5.97 Å². The maximum absolute atomic E-state index is 12.1. The maximum Gasteiger partial charge on any atom is 0.363 e. The molecule has 2 aromatic carbocycles. The van der Waals surface area contributed by atoms with Crippen LogP contribution in [-0.4, -0.2) is 26.1 Å². The summed E-state index contributed by atoms with van der Waals surface area (Å²) in [7, 11) is 3.12. The summed E-state index contributed by atoms with van der Waals surface area (Å²) in [6, 6.07) is 12.3. The van der Waals surface area contributed by atoms with Gasteiger partial charge in [0.2, 0.25) is 5.90 Å². The van der Waals surface area contributed by atoms with Crippen LogP contribution < -0.4 is 9.47 Å². The van der Waals surface area contributed by atoms with Crippen LogP contribution in [0.3, 0.4) is 0 Å². The van der Waals surface area contributed by atoms with Gasteiger partial charge in [-0.3, -0.25) is 0 Å². The van der Waals surface area contributed by atoms with E-state index >= 15 is 0 Å². The molecule has 3 rings (SSSR count). The van der Waals surface area contributed by atoms with Crippen LogP contribution in [0, 0.1) is 0 Å². The van der Waals surface area contributed by atoms with E-state index in [2.05, 4.69) is 4.99 Å². The summed E-state index contributed by atoms with van der Waals surface area (Å²) in [5.41, 5.74) is 1.39. The number of benzene rings is 2. The minimum absolute atomic E-state index is 0.163. The smallest absolute Gasteiger partial charge is 0.363 e. The number of hydrogen-bond donors (Lipinski definition) is 0. The number of nitrogens with zero attached hydrogens (tertiary/aromatic N) is 1. The van der Waals surface area contributed by atoms with Gasteiger partial charge in [-0.2, -0.15) is 0 Å². The van der Waals surface area contributed by atoms with E-state index in [1.807, 2.05) is 0 Å². The molecule has 0 amide bonds. The predicted molar refractivity (Wildman–Crippen MR) is 91.6 cm³/mol. The molecule has 1 heterocycles. The van der Waals surface area contributed by atoms with Crippen LogP contribution >= 0.6 is 11.6 Å². The molecule has 0 spiro atoms. The molecule has 5 nitrogen and oxygen atoms in total. The van der Waals surface area contributed by atoms with E-state index in [1.54, 1.807) is 62.8 Å². The maximum atomic E-state index is 12.1. The summed E-state index contributed by atoms with van der Waals surface area (Å²) in [6.07, 6.45) is 1.59. The fourth-order valence-corrected chi connectivity index (χ4v) is 2.48. The lowest BCUT2D eigenvalue weighted by molar-refractivity contribution is -0.129. The first-order valence-electron chi connectivity index (χ1n) is 7.12. The van der Waals surface area contributed by atoms with Crippen LogP contribution in [0.1, 0.15) is 11.1 Å². The van der Waals surface area contributed by atoms with Crippen molar-refractivity contribution < 1.29 is 19.0 Å². The van der Waals surface area contributed by atoms with Crippen LogP contribution in [0.15, 0.2) is 53.2 Å². The van der Waals surface area contributed by atoms with E-state index in [-0.39, 0.29) is 11.6 Å². The standard InChI is InChI=1S/C18H14ClNO4/c1-22-12-7-8-16(23-2)11(9-12)10-15-18(21)24-17(20-15)13-5-3-4-6-14(13)19/h3-10H,1-2H3. The summed E-state index contributed by atoms with van der Waals surface area (Å²) in [5, 5.41) is 0.462. The van der Waals surface area contributed by atoms with E-state index in [0.29, 0.717) is 27.6 Å². The number of aliphatic imine (C=N–C) groups is 1. The predicted octanol–water partition coefficient (Wildman–Crippen LogP) is 3.70. The third-order valence-corrected chi connectivity index (χ3v) is 3.78. The van der Waals surface area contributed by atoms with Gasteiger partial charge in [0, 0.05) is 5.56 Å². The summed E-state index contributed by atoms with van der Waals surface area (Å²) < 4.78 is 15.7. The van der Waals surface area contributed by atoms with Gasteiger partial charge < -0.3 is 14.2 Å². The van der Waals surface area contributed by atoms with Crippen molar-refractivity contribution in [2.45, 2.75) is 0 Å². The van der Waals surface area contributed by atoms with E-state index < -0.39 is 5.97 Å². The van der Waals surface area contributed by atoms with Gasteiger partial charge in [-0.1, -0.05) is 23.7 Å². The number of rotatable bonds is 4. The van der Waals surface area contributed by atoms with Gasteiger partial charge in [-0.15, -0.1) is 0 Å². The van der Waals surface area contributed by atoms with Crippen molar-refractivity contribution in [1.29, 1.82) is 0 Å². The number of carbonyl (C=O) groups is 1. The molecule has 1 aliphatic heterocycles. The fourth-order valence-electron chi connectivity index (χ4n) is 2.26. The normalized spacial score (nSPS) is 15.2. The highest BCUT2D eigenvalue weighted by Gasteiger charge is 2.25. The van der Waals surface area contributed by atoms with Crippen LogP contribution in [0.5, 0.6) is 11.5 Å².